The largest absolute Gasteiger partial charge is 0.495 e. The first kappa shape index (κ1) is 17.6. The Labute approximate surface area is 151 Å². The third-order valence-corrected chi connectivity index (χ3v) is 6.01. The number of halogens is 1. The number of nitrogens with zero attached hydrogens (tertiary/aromatic N) is 1. The zero-order valence-corrected chi connectivity index (χ0v) is 15.1. The van der Waals surface area contributed by atoms with E-state index in [9.17, 15) is 13.2 Å². The van der Waals surface area contributed by atoms with Crippen molar-refractivity contribution >= 4 is 38.9 Å². The van der Waals surface area contributed by atoms with Crippen molar-refractivity contribution in [1.82, 2.24) is 0 Å². The van der Waals surface area contributed by atoms with Gasteiger partial charge >= 0.3 is 0 Å². The van der Waals surface area contributed by atoms with Crippen LogP contribution in [0.1, 0.15) is 16.8 Å². The molecule has 1 aliphatic rings. The molecule has 1 saturated heterocycles. The normalized spacial score (nSPS) is 15.8. The van der Waals surface area contributed by atoms with E-state index in [0.29, 0.717) is 40.7 Å². The van der Waals surface area contributed by atoms with Crippen molar-refractivity contribution in [3.8, 4) is 5.75 Å². The molecular formula is C17H17ClN2O4S. The molecule has 1 amide bonds. The Kier molecular flexibility index (Phi) is 4.87. The first-order valence-corrected chi connectivity index (χ1v) is 9.65. The fourth-order valence-electron chi connectivity index (χ4n) is 2.70. The fourth-order valence-corrected chi connectivity index (χ4v) is 4.43. The zero-order valence-electron chi connectivity index (χ0n) is 13.5. The van der Waals surface area contributed by atoms with Crippen LogP contribution in [0.4, 0.5) is 11.4 Å². The van der Waals surface area contributed by atoms with Crippen molar-refractivity contribution in [2.75, 3.05) is 29.0 Å². The first-order valence-electron chi connectivity index (χ1n) is 7.66. The molecule has 2 aromatic rings. The van der Waals surface area contributed by atoms with Crippen LogP contribution in [-0.4, -0.2) is 33.7 Å². The number of carbonyl (C=O) groups excluding carboxylic acids is 1. The maximum absolute atomic E-state index is 12.5. The highest BCUT2D eigenvalue weighted by atomic mass is 35.5. The second-order valence-corrected chi connectivity index (χ2v) is 8.04. The number of hydrogen-bond acceptors (Lipinski definition) is 4. The average molecular weight is 381 g/mol. The molecule has 1 heterocycles. The zero-order chi connectivity index (χ0) is 18.0. The highest BCUT2D eigenvalue weighted by Crippen LogP contribution is 2.29. The molecular weight excluding hydrogens is 364 g/mol. The number of ether oxygens (including phenoxy) is 1. The van der Waals surface area contributed by atoms with Gasteiger partial charge in [-0.3, -0.25) is 9.10 Å². The predicted octanol–water partition coefficient (Wildman–Crippen LogP) is 3.14. The molecule has 2 aromatic carbocycles. The standard InChI is InChI=1S/C17H17ClN2O4S/c1-24-16-7-6-13(18)11-15(16)19-17(21)12-4-2-5-14(10-12)20-8-3-9-25(20,22)23/h2,4-7,10-11H,3,8-9H2,1H3,(H,19,21). The van der Waals surface area contributed by atoms with Crippen molar-refractivity contribution in [1.29, 1.82) is 0 Å². The SMILES string of the molecule is COc1ccc(Cl)cc1NC(=O)c1cccc(N2CCCS2(=O)=O)c1. The number of rotatable bonds is 4. The molecule has 3 rings (SSSR count). The molecule has 25 heavy (non-hydrogen) atoms. The fraction of sp³-hybridized carbons (Fsp3) is 0.235. The maximum atomic E-state index is 12.5. The topological polar surface area (TPSA) is 75.7 Å². The molecule has 6 nitrogen and oxygen atoms in total. The molecule has 0 saturated carbocycles. The van der Waals surface area contributed by atoms with Gasteiger partial charge in [0.25, 0.3) is 5.91 Å². The van der Waals surface area contributed by atoms with Crippen LogP contribution in [0.2, 0.25) is 5.02 Å². The molecule has 0 aliphatic carbocycles. The van der Waals surface area contributed by atoms with Gasteiger partial charge < -0.3 is 10.1 Å². The maximum Gasteiger partial charge on any atom is 0.255 e. The van der Waals surface area contributed by atoms with Gasteiger partial charge in [0.05, 0.1) is 24.2 Å². The lowest BCUT2D eigenvalue weighted by Crippen LogP contribution is -2.25. The Morgan fingerprint density at radius 3 is 2.72 bits per heavy atom. The van der Waals surface area contributed by atoms with Crippen molar-refractivity contribution in [3.05, 3.63) is 53.1 Å². The monoisotopic (exact) mass is 380 g/mol. The second-order valence-electron chi connectivity index (χ2n) is 5.59. The molecule has 0 spiro atoms. The molecule has 132 valence electrons. The summed E-state index contributed by atoms with van der Waals surface area (Å²) in [7, 11) is -1.80. The molecule has 8 heteroatoms. The smallest absolute Gasteiger partial charge is 0.255 e. The summed E-state index contributed by atoms with van der Waals surface area (Å²) in [5.74, 6) is 0.235. The Bertz CT molecular complexity index is 915. The lowest BCUT2D eigenvalue weighted by Gasteiger charge is -2.17. The van der Waals surface area contributed by atoms with Crippen LogP contribution < -0.4 is 14.4 Å². The quantitative estimate of drug-likeness (QED) is 0.884. The lowest BCUT2D eigenvalue weighted by atomic mass is 10.1. The van der Waals surface area contributed by atoms with Gasteiger partial charge in [-0.2, -0.15) is 0 Å². The number of amides is 1. The summed E-state index contributed by atoms with van der Waals surface area (Å²) in [6.45, 7) is 0.426. The van der Waals surface area contributed by atoms with Gasteiger partial charge in [0.2, 0.25) is 10.0 Å². The summed E-state index contributed by atoms with van der Waals surface area (Å²) in [5, 5.41) is 3.21. The number of anilines is 2. The van der Waals surface area contributed by atoms with E-state index in [0.717, 1.165) is 0 Å². The van der Waals surface area contributed by atoms with Crippen LogP contribution in [0.15, 0.2) is 42.5 Å². The number of nitrogens with one attached hydrogen (secondary N) is 1. The van der Waals surface area contributed by atoms with Gasteiger partial charge in [-0.05, 0) is 42.8 Å². The summed E-state index contributed by atoms with van der Waals surface area (Å²) < 4.78 is 30.6. The molecule has 0 radical (unpaired) electrons. The summed E-state index contributed by atoms with van der Waals surface area (Å²) in [5.41, 5.74) is 1.28. The number of carbonyl (C=O) groups is 1. The van der Waals surface area contributed by atoms with Gasteiger partial charge in [0.15, 0.2) is 0 Å². The van der Waals surface area contributed by atoms with Crippen LogP contribution in [0.5, 0.6) is 5.75 Å². The Morgan fingerprint density at radius 1 is 1.24 bits per heavy atom. The van der Waals surface area contributed by atoms with E-state index >= 15 is 0 Å². The van der Waals surface area contributed by atoms with Crippen LogP contribution in [0, 0.1) is 0 Å². The van der Waals surface area contributed by atoms with E-state index in [2.05, 4.69) is 5.32 Å². The van der Waals surface area contributed by atoms with Gasteiger partial charge in [0.1, 0.15) is 5.75 Å². The second kappa shape index (κ2) is 6.93. The van der Waals surface area contributed by atoms with E-state index < -0.39 is 10.0 Å². The molecule has 1 N–H and O–H groups in total. The number of benzene rings is 2. The van der Waals surface area contributed by atoms with E-state index in [-0.39, 0.29) is 11.7 Å². The van der Waals surface area contributed by atoms with Gasteiger partial charge in [-0.25, -0.2) is 8.42 Å². The van der Waals surface area contributed by atoms with Gasteiger partial charge in [-0.15, -0.1) is 0 Å². The van der Waals surface area contributed by atoms with E-state index in [1.54, 1.807) is 42.5 Å². The van der Waals surface area contributed by atoms with Crippen molar-refractivity contribution in [2.45, 2.75) is 6.42 Å². The summed E-state index contributed by atoms with van der Waals surface area (Å²) >= 11 is 5.97. The molecule has 1 fully saturated rings. The third kappa shape index (κ3) is 3.72. The molecule has 1 aliphatic heterocycles. The first-order chi connectivity index (χ1) is 11.9. The Balaban J connectivity index is 1.86. The molecule has 0 bridgehead atoms. The van der Waals surface area contributed by atoms with Crippen molar-refractivity contribution in [2.24, 2.45) is 0 Å². The predicted molar refractivity (Wildman–Crippen MR) is 98.1 cm³/mol. The van der Waals surface area contributed by atoms with E-state index in [1.807, 2.05) is 0 Å². The van der Waals surface area contributed by atoms with E-state index in [1.165, 1.54) is 11.4 Å². The molecule has 0 unspecified atom stereocenters. The highest BCUT2D eigenvalue weighted by Gasteiger charge is 2.28. The van der Waals surface area contributed by atoms with E-state index in [4.69, 9.17) is 16.3 Å². The van der Waals surface area contributed by atoms with Crippen LogP contribution in [-0.2, 0) is 10.0 Å². The summed E-state index contributed by atoms with van der Waals surface area (Å²) in [4.78, 5) is 12.5. The number of methoxy groups -OCH3 is 1. The van der Waals surface area contributed by atoms with Gasteiger partial charge in [-0.1, -0.05) is 17.7 Å². The lowest BCUT2D eigenvalue weighted by molar-refractivity contribution is 0.102. The van der Waals surface area contributed by atoms with Gasteiger partial charge in [0, 0.05) is 17.1 Å². The minimum Gasteiger partial charge on any atom is -0.495 e. The average Bonchev–Trinajstić information content (AvgIpc) is 2.94. The third-order valence-electron chi connectivity index (χ3n) is 3.91. The Morgan fingerprint density at radius 2 is 2.04 bits per heavy atom. The number of sulfonamides is 1. The van der Waals surface area contributed by atoms with Crippen LogP contribution in [0.25, 0.3) is 0 Å². The Hall–Kier alpha value is -2.25. The number of hydrogen-bond donors (Lipinski definition) is 1. The van der Waals surface area contributed by atoms with Crippen molar-refractivity contribution < 1.29 is 17.9 Å². The van der Waals surface area contributed by atoms with Crippen molar-refractivity contribution in [3.63, 3.8) is 0 Å². The molecule has 0 atom stereocenters. The minimum absolute atomic E-state index is 0.128. The minimum atomic E-state index is -3.29. The van der Waals surface area contributed by atoms with Crippen LogP contribution >= 0.6 is 11.6 Å². The summed E-state index contributed by atoms with van der Waals surface area (Å²) in [6, 6.07) is 11.4. The molecule has 0 aromatic heterocycles. The summed E-state index contributed by atoms with van der Waals surface area (Å²) in [6.07, 6.45) is 0.582. The van der Waals surface area contributed by atoms with Crippen LogP contribution in [0.3, 0.4) is 0 Å². The highest BCUT2D eigenvalue weighted by molar-refractivity contribution is 7.93.